The lowest BCUT2D eigenvalue weighted by Gasteiger charge is -2.43. The summed E-state index contributed by atoms with van der Waals surface area (Å²) in [6.07, 6.45) is 4.16. The fourth-order valence-corrected chi connectivity index (χ4v) is 4.84. The van der Waals surface area contributed by atoms with Crippen LogP contribution in [0.25, 0.3) is 0 Å². The van der Waals surface area contributed by atoms with Crippen LogP contribution in [-0.4, -0.2) is 64.6 Å². The van der Waals surface area contributed by atoms with Crippen LogP contribution in [0.2, 0.25) is 0 Å². The number of hydrogen-bond acceptors (Lipinski definition) is 5. The van der Waals surface area contributed by atoms with E-state index in [0.29, 0.717) is 18.8 Å². The molecule has 3 amide bonds. The Balaban J connectivity index is 1.48. The second-order valence-electron chi connectivity index (χ2n) is 9.59. The number of nitrogens with zero attached hydrogens (tertiary/aromatic N) is 4. The lowest BCUT2D eigenvalue weighted by Crippen LogP contribution is -2.64. The number of aromatic nitrogens is 2. The van der Waals surface area contributed by atoms with Gasteiger partial charge in [0.05, 0.1) is 6.54 Å². The maximum absolute atomic E-state index is 13.3. The number of nitrogens with one attached hydrogen (secondary N) is 2. The zero-order valence-corrected chi connectivity index (χ0v) is 20.4. The summed E-state index contributed by atoms with van der Waals surface area (Å²) in [4.78, 5) is 42.9. The molecular formula is C25H34N6O3. The van der Waals surface area contributed by atoms with Crippen molar-refractivity contribution in [3.05, 3.63) is 47.3 Å². The Labute approximate surface area is 200 Å². The molecular weight excluding hydrogens is 432 g/mol. The first-order chi connectivity index (χ1) is 16.2. The number of amides is 3. The van der Waals surface area contributed by atoms with Crippen molar-refractivity contribution >= 4 is 23.4 Å². The van der Waals surface area contributed by atoms with Crippen LogP contribution in [0, 0.1) is 0 Å². The van der Waals surface area contributed by atoms with Gasteiger partial charge in [-0.05, 0) is 44.4 Å². The maximum atomic E-state index is 13.3. The summed E-state index contributed by atoms with van der Waals surface area (Å²) in [5, 5.41) is 10.4. The van der Waals surface area contributed by atoms with Gasteiger partial charge in [0, 0.05) is 45.0 Å². The molecule has 1 aliphatic carbocycles. The molecule has 9 heteroatoms. The number of anilines is 1. The largest absolute Gasteiger partial charge is 0.378 e. The third kappa shape index (κ3) is 4.51. The average molecular weight is 467 g/mol. The van der Waals surface area contributed by atoms with Crippen LogP contribution in [0.3, 0.4) is 0 Å². The monoisotopic (exact) mass is 466 g/mol. The normalized spacial score (nSPS) is 20.2. The topological polar surface area (TPSA) is 99.6 Å². The van der Waals surface area contributed by atoms with Gasteiger partial charge in [-0.2, -0.15) is 5.10 Å². The highest BCUT2D eigenvalue weighted by atomic mass is 16.2. The van der Waals surface area contributed by atoms with Gasteiger partial charge in [-0.1, -0.05) is 25.0 Å². The van der Waals surface area contributed by atoms with Gasteiger partial charge in [-0.15, -0.1) is 0 Å². The lowest BCUT2D eigenvalue weighted by atomic mass is 9.94. The predicted molar refractivity (Wildman–Crippen MR) is 130 cm³/mol. The van der Waals surface area contributed by atoms with Crippen LogP contribution in [0.15, 0.2) is 30.3 Å². The predicted octanol–water partition coefficient (Wildman–Crippen LogP) is 2.17. The van der Waals surface area contributed by atoms with E-state index in [1.54, 1.807) is 11.8 Å². The first-order valence-corrected chi connectivity index (χ1v) is 12.0. The van der Waals surface area contributed by atoms with Crippen LogP contribution < -0.4 is 15.5 Å². The van der Waals surface area contributed by atoms with E-state index < -0.39 is 5.54 Å². The number of hydrogen-bond donors (Lipinski definition) is 2. The van der Waals surface area contributed by atoms with Crippen LogP contribution in [-0.2, 0) is 17.9 Å². The Morgan fingerprint density at radius 1 is 1.18 bits per heavy atom. The van der Waals surface area contributed by atoms with Crippen molar-refractivity contribution in [2.75, 3.05) is 25.5 Å². The molecule has 2 heterocycles. The van der Waals surface area contributed by atoms with E-state index in [9.17, 15) is 14.4 Å². The Hall–Kier alpha value is -3.36. The number of carbonyl (C=O) groups is 3. The second-order valence-corrected chi connectivity index (χ2v) is 9.59. The highest BCUT2D eigenvalue weighted by molar-refractivity contribution is 6.01. The smallest absolute Gasteiger partial charge is 0.273 e. The second kappa shape index (κ2) is 9.48. The molecule has 1 fully saturated rings. The first-order valence-electron chi connectivity index (χ1n) is 12.0. The van der Waals surface area contributed by atoms with Crippen molar-refractivity contribution in [2.24, 2.45) is 0 Å². The van der Waals surface area contributed by atoms with E-state index >= 15 is 0 Å². The molecule has 1 aliphatic heterocycles. The minimum Gasteiger partial charge on any atom is -0.378 e. The van der Waals surface area contributed by atoms with Gasteiger partial charge in [0.15, 0.2) is 5.69 Å². The maximum Gasteiger partial charge on any atom is 0.273 e. The Bertz CT molecular complexity index is 1070. The third-order valence-corrected chi connectivity index (χ3v) is 6.93. The summed E-state index contributed by atoms with van der Waals surface area (Å²) in [5.74, 6) is -0.807. The van der Waals surface area contributed by atoms with E-state index in [-0.39, 0.29) is 36.0 Å². The van der Waals surface area contributed by atoms with Crippen molar-refractivity contribution < 1.29 is 14.4 Å². The molecule has 2 aromatic rings. The standard InChI is InChI=1S/C25H34N6O3/c1-5-30-23(33)21-14-20(22(32)26-15-17-10-12-19(13-11-17)29(3)4)28-31(21)16-25(30,2)24(34)27-18-8-6-7-9-18/h10-14,18H,5-9,15-16H2,1-4H3,(H,26,32)(H,27,34)/t25-/m1/s1. The molecule has 182 valence electrons. The lowest BCUT2D eigenvalue weighted by molar-refractivity contribution is -0.133. The summed E-state index contributed by atoms with van der Waals surface area (Å²) in [7, 11) is 3.95. The summed E-state index contributed by atoms with van der Waals surface area (Å²) >= 11 is 0. The number of likely N-dealkylation sites (N-methyl/N-ethyl adjacent to an activating group) is 1. The molecule has 1 atom stereocenters. The molecule has 9 nitrogen and oxygen atoms in total. The van der Waals surface area contributed by atoms with E-state index in [4.69, 9.17) is 0 Å². The Morgan fingerprint density at radius 2 is 1.85 bits per heavy atom. The fourth-order valence-electron chi connectivity index (χ4n) is 4.84. The van der Waals surface area contributed by atoms with E-state index in [2.05, 4.69) is 15.7 Å². The Morgan fingerprint density at radius 3 is 2.47 bits per heavy atom. The van der Waals surface area contributed by atoms with E-state index in [1.807, 2.05) is 50.2 Å². The zero-order chi connectivity index (χ0) is 24.5. The molecule has 34 heavy (non-hydrogen) atoms. The molecule has 2 aliphatic rings. The SMILES string of the molecule is CCN1C(=O)c2cc(C(=O)NCc3ccc(N(C)C)cc3)nn2C[C@]1(C)C(=O)NC1CCCC1. The van der Waals surface area contributed by atoms with Gasteiger partial charge >= 0.3 is 0 Å². The minimum absolute atomic E-state index is 0.158. The Kier molecular flexibility index (Phi) is 6.63. The van der Waals surface area contributed by atoms with Gasteiger partial charge in [-0.3, -0.25) is 19.1 Å². The van der Waals surface area contributed by atoms with Crippen molar-refractivity contribution in [1.82, 2.24) is 25.3 Å². The molecule has 1 aromatic carbocycles. The van der Waals surface area contributed by atoms with Gasteiger partial charge in [-0.25, -0.2) is 0 Å². The number of fused-ring (bicyclic) bond motifs is 1. The average Bonchev–Trinajstić information content (AvgIpc) is 3.48. The summed E-state index contributed by atoms with van der Waals surface area (Å²) < 4.78 is 1.50. The molecule has 0 saturated heterocycles. The quantitative estimate of drug-likeness (QED) is 0.652. The third-order valence-electron chi connectivity index (χ3n) is 6.93. The summed E-state index contributed by atoms with van der Waals surface area (Å²) in [6.45, 7) is 4.59. The molecule has 0 bridgehead atoms. The zero-order valence-electron chi connectivity index (χ0n) is 20.4. The van der Waals surface area contributed by atoms with Crippen LogP contribution in [0.5, 0.6) is 0 Å². The van der Waals surface area contributed by atoms with Gasteiger partial charge in [0.25, 0.3) is 11.8 Å². The summed E-state index contributed by atoms with van der Waals surface area (Å²) in [5.41, 5.74) is 1.48. The minimum atomic E-state index is -1.06. The number of rotatable bonds is 7. The molecule has 0 spiro atoms. The highest BCUT2D eigenvalue weighted by Crippen LogP contribution is 2.28. The number of benzene rings is 1. The van der Waals surface area contributed by atoms with Crippen LogP contribution in [0.1, 0.15) is 66.1 Å². The van der Waals surface area contributed by atoms with Crippen LogP contribution in [0.4, 0.5) is 5.69 Å². The van der Waals surface area contributed by atoms with Crippen molar-refractivity contribution in [1.29, 1.82) is 0 Å². The van der Waals surface area contributed by atoms with Gasteiger partial charge < -0.3 is 20.4 Å². The van der Waals surface area contributed by atoms with Gasteiger partial charge in [0.1, 0.15) is 11.2 Å². The molecule has 1 aromatic heterocycles. The van der Waals surface area contributed by atoms with Crippen molar-refractivity contribution in [2.45, 2.75) is 64.2 Å². The number of carbonyl (C=O) groups excluding carboxylic acids is 3. The van der Waals surface area contributed by atoms with E-state index in [0.717, 1.165) is 36.9 Å². The van der Waals surface area contributed by atoms with Crippen molar-refractivity contribution in [3.8, 4) is 0 Å². The highest BCUT2D eigenvalue weighted by Gasteiger charge is 2.48. The van der Waals surface area contributed by atoms with Crippen LogP contribution >= 0.6 is 0 Å². The molecule has 0 radical (unpaired) electrons. The molecule has 4 rings (SSSR count). The fraction of sp³-hybridized carbons (Fsp3) is 0.520. The van der Waals surface area contributed by atoms with Gasteiger partial charge in [0.2, 0.25) is 5.91 Å². The molecule has 2 N–H and O–H groups in total. The first kappa shape index (κ1) is 23.8. The summed E-state index contributed by atoms with van der Waals surface area (Å²) in [6, 6.07) is 9.59. The van der Waals surface area contributed by atoms with Crippen molar-refractivity contribution in [3.63, 3.8) is 0 Å². The van der Waals surface area contributed by atoms with E-state index in [1.165, 1.54) is 10.7 Å². The molecule has 0 unspecified atom stereocenters. The molecule has 1 saturated carbocycles.